The Labute approximate surface area is 164 Å². The quantitative estimate of drug-likeness (QED) is 0.361. The highest BCUT2D eigenvalue weighted by atomic mass is 16.5. The number of methoxy groups -OCH3 is 1. The molecule has 0 unspecified atom stereocenters. The zero-order valence-corrected chi connectivity index (χ0v) is 15.8. The van der Waals surface area contributed by atoms with Crippen LogP contribution >= 0.6 is 0 Å². The Morgan fingerprint density at radius 3 is 2.11 bits per heavy atom. The van der Waals surface area contributed by atoms with Crippen LogP contribution in [0, 0.1) is 0 Å². The van der Waals surface area contributed by atoms with E-state index in [9.17, 15) is 0 Å². The van der Waals surface area contributed by atoms with Gasteiger partial charge in [0.15, 0.2) is 0 Å². The predicted octanol–water partition coefficient (Wildman–Crippen LogP) is 6.38. The first-order valence-electron chi connectivity index (χ1n) is 9.54. The fourth-order valence-corrected chi connectivity index (χ4v) is 3.96. The molecular formula is C26H21NO. The van der Waals surface area contributed by atoms with Gasteiger partial charge in [-0.15, -0.1) is 0 Å². The summed E-state index contributed by atoms with van der Waals surface area (Å²) in [6, 6.07) is 34.4. The van der Waals surface area contributed by atoms with E-state index < -0.39 is 0 Å². The molecule has 2 nitrogen and oxygen atoms in total. The van der Waals surface area contributed by atoms with Crippen LogP contribution in [0.15, 0.2) is 97.1 Å². The van der Waals surface area contributed by atoms with Gasteiger partial charge in [-0.1, -0.05) is 54.6 Å². The molecule has 136 valence electrons. The standard InChI is InChI=1S/C26H21NO/c1-28-22-14-11-19(12-15-22)17-20-13-16-26-24(18-20)23-9-5-6-10-25(23)27(26)21-7-3-2-4-8-21/h2-16,18H,17H2,1H3. The van der Waals surface area contributed by atoms with Gasteiger partial charge in [0, 0.05) is 16.5 Å². The van der Waals surface area contributed by atoms with Crippen molar-refractivity contribution in [1.29, 1.82) is 0 Å². The van der Waals surface area contributed by atoms with Crippen molar-refractivity contribution in [3.05, 3.63) is 108 Å². The number of ether oxygens (including phenoxy) is 1. The van der Waals surface area contributed by atoms with Crippen LogP contribution in [0.3, 0.4) is 0 Å². The molecule has 1 aromatic heterocycles. The van der Waals surface area contributed by atoms with Crippen LogP contribution in [0.1, 0.15) is 11.1 Å². The van der Waals surface area contributed by atoms with E-state index in [2.05, 4.69) is 89.5 Å². The maximum absolute atomic E-state index is 5.27. The molecule has 0 atom stereocenters. The van der Waals surface area contributed by atoms with E-state index in [1.807, 2.05) is 12.1 Å². The Balaban J connectivity index is 1.64. The van der Waals surface area contributed by atoms with Crippen LogP contribution in [-0.2, 0) is 6.42 Å². The Bertz CT molecular complexity index is 1250. The molecule has 0 saturated carbocycles. The van der Waals surface area contributed by atoms with E-state index in [0.717, 1.165) is 12.2 Å². The molecule has 0 aliphatic heterocycles. The molecule has 0 aliphatic carbocycles. The second-order valence-corrected chi connectivity index (χ2v) is 7.06. The topological polar surface area (TPSA) is 14.2 Å². The highest BCUT2D eigenvalue weighted by Crippen LogP contribution is 2.33. The lowest BCUT2D eigenvalue weighted by Gasteiger charge is -2.08. The molecule has 0 amide bonds. The van der Waals surface area contributed by atoms with E-state index in [1.165, 1.54) is 38.6 Å². The molecule has 0 fully saturated rings. The Morgan fingerprint density at radius 1 is 0.643 bits per heavy atom. The van der Waals surface area contributed by atoms with Gasteiger partial charge < -0.3 is 9.30 Å². The summed E-state index contributed by atoms with van der Waals surface area (Å²) in [6.07, 6.45) is 0.908. The second kappa shape index (κ2) is 6.90. The molecule has 0 spiro atoms. The van der Waals surface area contributed by atoms with Crippen LogP contribution in [0.2, 0.25) is 0 Å². The summed E-state index contributed by atoms with van der Waals surface area (Å²) in [5.41, 5.74) is 6.27. The van der Waals surface area contributed by atoms with Gasteiger partial charge in [-0.25, -0.2) is 0 Å². The van der Waals surface area contributed by atoms with Crippen molar-refractivity contribution < 1.29 is 4.74 Å². The minimum Gasteiger partial charge on any atom is -0.497 e. The molecular weight excluding hydrogens is 342 g/mol. The van der Waals surface area contributed by atoms with Crippen LogP contribution < -0.4 is 4.74 Å². The van der Waals surface area contributed by atoms with Crippen molar-refractivity contribution in [3.8, 4) is 11.4 Å². The molecule has 2 heteroatoms. The lowest BCUT2D eigenvalue weighted by molar-refractivity contribution is 0.414. The maximum atomic E-state index is 5.27. The number of aromatic nitrogens is 1. The van der Waals surface area contributed by atoms with Gasteiger partial charge in [0.2, 0.25) is 0 Å². The molecule has 28 heavy (non-hydrogen) atoms. The highest BCUT2D eigenvalue weighted by molar-refractivity contribution is 6.09. The average Bonchev–Trinajstić information content (AvgIpc) is 3.09. The van der Waals surface area contributed by atoms with Crippen LogP contribution in [0.4, 0.5) is 0 Å². The Morgan fingerprint density at radius 2 is 1.32 bits per heavy atom. The van der Waals surface area contributed by atoms with Gasteiger partial charge in [0.25, 0.3) is 0 Å². The fraction of sp³-hybridized carbons (Fsp3) is 0.0769. The van der Waals surface area contributed by atoms with Gasteiger partial charge in [-0.2, -0.15) is 0 Å². The molecule has 5 aromatic rings. The summed E-state index contributed by atoms with van der Waals surface area (Å²) < 4.78 is 7.62. The molecule has 0 bridgehead atoms. The number of rotatable bonds is 4. The molecule has 0 radical (unpaired) electrons. The SMILES string of the molecule is COc1ccc(Cc2ccc3c(c2)c2ccccc2n3-c2ccccc2)cc1. The van der Waals surface area contributed by atoms with Crippen molar-refractivity contribution in [2.75, 3.05) is 7.11 Å². The van der Waals surface area contributed by atoms with Gasteiger partial charge in [0.1, 0.15) is 5.75 Å². The molecule has 0 saturated heterocycles. The predicted molar refractivity (Wildman–Crippen MR) is 117 cm³/mol. The largest absolute Gasteiger partial charge is 0.497 e. The lowest BCUT2D eigenvalue weighted by atomic mass is 10.0. The van der Waals surface area contributed by atoms with Crippen molar-refractivity contribution in [2.24, 2.45) is 0 Å². The molecule has 5 rings (SSSR count). The fourth-order valence-electron chi connectivity index (χ4n) is 3.96. The number of hydrogen-bond donors (Lipinski definition) is 0. The average molecular weight is 363 g/mol. The van der Waals surface area contributed by atoms with Crippen LogP contribution in [0.25, 0.3) is 27.5 Å². The number of nitrogens with zero attached hydrogens (tertiary/aromatic N) is 1. The normalized spacial score (nSPS) is 11.2. The molecule has 0 aliphatic rings. The summed E-state index contributed by atoms with van der Waals surface area (Å²) in [4.78, 5) is 0. The van der Waals surface area contributed by atoms with Gasteiger partial charge in [-0.3, -0.25) is 0 Å². The van der Waals surface area contributed by atoms with E-state index in [0.29, 0.717) is 0 Å². The van der Waals surface area contributed by atoms with Crippen LogP contribution in [0.5, 0.6) is 5.75 Å². The van der Waals surface area contributed by atoms with E-state index in [1.54, 1.807) is 7.11 Å². The van der Waals surface area contributed by atoms with Gasteiger partial charge >= 0.3 is 0 Å². The Hall–Kier alpha value is -3.52. The third kappa shape index (κ3) is 2.84. The van der Waals surface area contributed by atoms with E-state index in [-0.39, 0.29) is 0 Å². The lowest BCUT2D eigenvalue weighted by Crippen LogP contribution is -1.93. The molecule has 4 aromatic carbocycles. The van der Waals surface area contributed by atoms with Crippen molar-refractivity contribution in [2.45, 2.75) is 6.42 Å². The first-order valence-corrected chi connectivity index (χ1v) is 9.54. The number of fused-ring (bicyclic) bond motifs is 3. The summed E-state index contributed by atoms with van der Waals surface area (Å²) >= 11 is 0. The van der Waals surface area contributed by atoms with Gasteiger partial charge in [0.05, 0.1) is 18.1 Å². The van der Waals surface area contributed by atoms with E-state index in [4.69, 9.17) is 4.74 Å². The first-order chi connectivity index (χ1) is 13.8. The second-order valence-electron chi connectivity index (χ2n) is 7.06. The van der Waals surface area contributed by atoms with E-state index >= 15 is 0 Å². The smallest absolute Gasteiger partial charge is 0.118 e. The number of benzene rings is 4. The minimum absolute atomic E-state index is 0.894. The number of hydrogen-bond acceptors (Lipinski definition) is 1. The third-order valence-corrected chi connectivity index (χ3v) is 5.32. The van der Waals surface area contributed by atoms with Crippen molar-refractivity contribution >= 4 is 21.8 Å². The van der Waals surface area contributed by atoms with Crippen LogP contribution in [-0.4, -0.2) is 11.7 Å². The first kappa shape index (κ1) is 16.6. The third-order valence-electron chi connectivity index (χ3n) is 5.32. The summed E-state index contributed by atoms with van der Waals surface area (Å²) in [7, 11) is 1.70. The number of para-hydroxylation sites is 2. The monoisotopic (exact) mass is 363 g/mol. The maximum Gasteiger partial charge on any atom is 0.118 e. The van der Waals surface area contributed by atoms with Gasteiger partial charge in [-0.05, 0) is 60.0 Å². The van der Waals surface area contributed by atoms with Crippen molar-refractivity contribution in [3.63, 3.8) is 0 Å². The van der Waals surface area contributed by atoms with Crippen molar-refractivity contribution in [1.82, 2.24) is 4.57 Å². The summed E-state index contributed by atoms with van der Waals surface area (Å²) in [5, 5.41) is 2.59. The molecule has 1 heterocycles. The summed E-state index contributed by atoms with van der Waals surface area (Å²) in [5.74, 6) is 0.894. The zero-order chi connectivity index (χ0) is 18.9. The summed E-state index contributed by atoms with van der Waals surface area (Å²) in [6.45, 7) is 0. The minimum atomic E-state index is 0.894. The molecule has 0 N–H and O–H groups in total. The Kier molecular flexibility index (Phi) is 4.10. The highest BCUT2D eigenvalue weighted by Gasteiger charge is 2.12. The zero-order valence-electron chi connectivity index (χ0n) is 15.8.